The lowest BCUT2D eigenvalue weighted by molar-refractivity contribution is 0.0127. The highest BCUT2D eigenvalue weighted by atomic mass is 32.2. The minimum atomic E-state index is -3.46. The standard InChI is InChI=1S/C18H27NO3S/c1-2-5-15-7-9-16(10-8-15)23(21,22)19-13-4-12-18(14-19)11-3-6-17(18)20/h7-10,17,20H,2-6,11-14H2,1H3/t17-,18-/m1/s1. The molecule has 0 unspecified atom stereocenters. The van der Waals surface area contributed by atoms with Crippen molar-refractivity contribution in [3.8, 4) is 0 Å². The molecule has 0 aromatic heterocycles. The summed E-state index contributed by atoms with van der Waals surface area (Å²) in [5, 5.41) is 10.3. The summed E-state index contributed by atoms with van der Waals surface area (Å²) in [6, 6.07) is 7.29. The largest absolute Gasteiger partial charge is 0.392 e. The van der Waals surface area contributed by atoms with Gasteiger partial charge in [-0.3, -0.25) is 0 Å². The average molecular weight is 337 g/mol. The normalized spacial score (nSPS) is 29.2. The molecule has 1 aromatic rings. The Morgan fingerprint density at radius 3 is 2.52 bits per heavy atom. The predicted octanol–water partition coefficient (Wildman–Crippen LogP) is 2.95. The molecule has 1 aromatic carbocycles. The highest BCUT2D eigenvalue weighted by molar-refractivity contribution is 7.89. The van der Waals surface area contributed by atoms with Crippen molar-refractivity contribution in [2.75, 3.05) is 13.1 Å². The molecule has 3 rings (SSSR count). The zero-order valence-corrected chi connectivity index (χ0v) is 14.7. The van der Waals surface area contributed by atoms with E-state index in [9.17, 15) is 13.5 Å². The van der Waals surface area contributed by atoms with Crippen molar-refractivity contribution in [3.63, 3.8) is 0 Å². The molecule has 23 heavy (non-hydrogen) atoms. The number of aliphatic hydroxyl groups is 1. The van der Waals surface area contributed by atoms with Crippen LogP contribution in [0.2, 0.25) is 0 Å². The molecule has 4 nitrogen and oxygen atoms in total. The van der Waals surface area contributed by atoms with Gasteiger partial charge >= 0.3 is 0 Å². The lowest BCUT2D eigenvalue weighted by Gasteiger charge is -2.41. The maximum absolute atomic E-state index is 12.9. The first-order chi connectivity index (χ1) is 11.0. The van der Waals surface area contributed by atoms with Crippen LogP contribution >= 0.6 is 0 Å². The number of hydrogen-bond donors (Lipinski definition) is 1. The van der Waals surface area contributed by atoms with Gasteiger partial charge in [0.25, 0.3) is 0 Å². The summed E-state index contributed by atoms with van der Waals surface area (Å²) in [6.45, 7) is 3.14. The highest BCUT2D eigenvalue weighted by Gasteiger charge is 2.47. The number of aryl methyl sites for hydroxylation is 1. The van der Waals surface area contributed by atoms with Crippen molar-refractivity contribution in [1.29, 1.82) is 0 Å². The van der Waals surface area contributed by atoms with Crippen LogP contribution in [-0.4, -0.2) is 37.0 Å². The summed E-state index contributed by atoms with van der Waals surface area (Å²) in [6.07, 6.45) is 6.20. The first-order valence-corrected chi connectivity index (χ1v) is 10.2. The molecule has 5 heteroatoms. The molecule has 1 N–H and O–H groups in total. The average Bonchev–Trinajstić information content (AvgIpc) is 2.88. The van der Waals surface area contributed by atoms with Gasteiger partial charge in [-0.25, -0.2) is 8.42 Å². The third-order valence-electron chi connectivity index (χ3n) is 5.53. The summed E-state index contributed by atoms with van der Waals surface area (Å²) in [4.78, 5) is 0.377. The lowest BCUT2D eigenvalue weighted by Crippen LogP contribution is -2.49. The summed E-state index contributed by atoms with van der Waals surface area (Å²) in [7, 11) is -3.46. The Hall–Kier alpha value is -0.910. The molecule has 2 fully saturated rings. The zero-order valence-electron chi connectivity index (χ0n) is 13.9. The fraction of sp³-hybridized carbons (Fsp3) is 0.667. The third-order valence-corrected chi connectivity index (χ3v) is 7.39. The smallest absolute Gasteiger partial charge is 0.243 e. The van der Waals surface area contributed by atoms with Crippen LogP contribution in [0, 0.1) is 5.41 Å². The Morgan fingerprint density at radius 2 is 1.91 bits per heavy atom. The number of sulfonamides is 1. The second-order valence-electron chi connectivity index (χ2n) is 7.11. The van der Waals surface area contributed by atoms with Crippen molar-refractivity contribution in [1.82, 2.24) is 4.31 Å². The molecule has 1 saturated heterocycles. The van der Waals surface area contributed by atoms with Gasteiger partial charge in [-0.1, -0.05) is 31.9 Å². The van der Waals surface area contributed by atoms with Gasteiger partial charge in [0, 0.05) is 18.5 Å². The van der Waals surface area contributed by atoms with Crippen molar-refractivity contribution in [2.24, 2.45) is 5.41 Å². The first kappa shape index (κ1) is 16.9. The summed E-state index contributed by atoms with van der Waals surface area (Å²) in [5.74, 6) is 0. The van der Waals surface area contributed by atoms with E-state index >= 15 is 0 Å². The van der Waals surface area contributed by atoms with Crippen molar-refractivity contribution < 1.29 is 13.5 Å². The molecule has 0 bridgehead atoms. The molecule has 0 amide bonds. The van der Waals surface area contributed by atoms with E-state index in [0.29, 0.717) is 18.0 Å². The van der Waals surface area contributed by atoms with E-state index in [1.807, 2.05) is 12.1 Å². The van der Waals surface area contributed by atoms with E-state index in [4.69, 9.17) is 0 Å². The predicted molar refractivity (Wildman–Crippen MR) is 90.7 cm³/mol. The molecule has 1 aliphatic heterocycles. The Morgan fingerprint density at radius 1 is 1.22 bits per heavy atom. The van der Waals surface area contributed by atoms with E-state index in [1.165, 1.54) is 5.56 Å². The van der Waals surface area contributed by atoms with Gasteiger partial charge in [0.2, 0.25) is 10.0 Å². The molecule has 128 valence electrons. The van der Waals surface area contributed by atoms with Crippen LogP contribution in [0.5, 0.6) is 0 Å². The Bertz CT molecular complexity index is 641. The number of benzene rings is 1. The molecule has 1 spiro atoms. The first-order valence-electron chi connectivity index (χ1n) is 8.75. The van der Waals surface area contributed by atoms with E-state index in [1.54, 1.807) is 16.4 Å². The van der Waals surface area contributed by atoms with Gasteiger partial charge in [-0.05, 0) is 49.8 Å². The monoisotopic (exact) mass is 337 g/mol. The maximum Gasteiger partial charge on any atom is 0.243 e. The SMILES string of the molecule is CCCc1ccc(S(=O)(=O)N2CCC[C@]3(CCC[C@H]3O)C2)cc1. The van der Waals surface area contributed by atoms with Gasteiger partial charge in [-0.15, -0.1) is 0 Å². The summed E-state index contributed by atoms with van der Waals surface area (Å²) >= 11 is 0. The van der Waals surface area contributed by atoms with E-state index in [0.717, 1.165) is 44.9 Å². The van der Waals surface area contributed by atoms with E-state index in [2.05, 4.69) is 6.92 Å². The molecular formula is C18H27NO3S. The Labute approximate surface area is 139 Å². The van der Waals surface area contributed by atoms with Gasteiger partial charge in [-0.2, -0.15) is 4.31 Å². The Kier molecular flexibility index (Phi) is 4.81. The molecule has 2 aliphatic rings. The molecule has 1 heterocycles. The third kappa shape index (κ3) is 3.19. The van der Waals surface area contributed by atoms with Crippen LogP contribution in [0.4, 0.5) is 0 Å². The fourth-order valence-corrected chi connectivity index (χ4v) is 5.76. The van der Waals surface area contributed by atoms with Crippen LogP contribution in [0.25, 0.3) is 0 Å². The number of hydrogen-bond acceptors (Lipinski definition) is 3. The minimum absolute atomic E-state index is 0.215. The lowest BCUT2D eigenvalue weighted by atomic mass is 9.77. The molecule has 1 aliphatic carbocycles. The molecular weight excluding hydrogens is 310 g/mol. The van der Waals surface area contributed by atoms with Crippen LogP contribution in [0.15, 0.2) is 29.2 Å². The highest BCUT2D eigenvalue weighted by Crippen LogP contribution is 2.45. The second kappa shape index (κ2) is 6.54. The number of piperidine rings is 1. The second-order valence-corrected chi connectivity index (χ2v) is 9.04. The number of nitrogens with zero attached hydrogens (tertiary/aromatic N) is 1. The van der Waals surface area contributed by atoms with Crippen LogP contribution in [-0.2, 0) is 16.4 Å². The fourth-order valence-electron chi connectivity index (χ4n) is 4.18. The van der Waals surface area contributed by atoms with Crippen molar-refractivity contribution in [2.45, 2.75) is 62.9 Å². The van der Waals surface area contributed by atoms with Crippen LogP contribution in [0.1, 0.15) is 51.0 Å². The van der Waals surface area contributed by atoms with Gasteiger partial charge in [0.1, 0.15) is 0 Å². The number of rotatable bonds is 4. The Balaban J connectivity index is 1.81. The van der Waals surface area contributed by atoms with Gasteiger partial charge in [0.05, 0.1) is 11.0 Å². The van der Waals surface area contributed by atoms with Crippen molar-refractivity contribution in [3.05, 3.63) is 29.8 Å². The molecule has 1 saturated carbocycles. The minimum Gasteiger partial charge on any atom is -0.392 e. The molecule has 0 radical (unpaired) electrons. The summed E-state index contributed by atoms with van der Waals surface area (Å²) < 4.78 is 27.5. The summed E-state index contributed by atoms with van der Waals surface area (Å²) in [5.41, 5.74) is 0.959. The topological polar surface area (TPSA) is 57.6 Å². The number of aliphatic hydroxyl groups excluding tert-OH is 1. The van der Waals surface area contributed by atoms with E-state index < -0.39 is 10.0 Å². The maximum atomic E-state index is 12.9. The van der Waals surface area contributed by atoms with Gasteiger partial charge in [0.15, 0.2) is 0 Å². The quantitative estimate of drug-likeness (QED) is 0.919. The van der Waals surface area contributed by atoms with Crippen LogP contribution in [0.3, 0.4) is 0 Å². The van der Waals surface area contributed by atoms with E-state index in [-0.39, 0.29) is 11.5 Å². The van der Waals surface area contributed by atoms with Crippen LogP contribution < -0.4 is 0 Å². The van der Waals surface area contributed by atoms with Gasteiger partial charge < -0.3 is 5.11 Å². The molecule has 2 atom stereocenters. The zero-order chi connectivity index (χ0) is 16.5. The van der Waals surface area contributed by atoms with Crippen molar-refractivity contribution >= 4 is 10.0 Å².